The number of nitriles is 1. The molecule has 5 nitrogen and oxygen atoms in total. The summed E-state index contributed by atoms with van der Waals surface area (Å²) in [5.41, 5.74) is 0.606. The van der Waals surface area contributed by atoms with Gasteiger partial charge in [0.05, 0.1) is 5.56 Å². The first-order valence-electron chi connectivity index (χ1n) is 7.28. The predicted molar refractivity (Wildman–Crippen MR) is 87.3 cm³/mol. The summed E-state index contributed by atoms with van der Waals surface area (Å²) >= 11 is 5.76. The number of alkyl halides is 3. The largest absolute Gasteiger partial charge is 0.489 e. The Morgan fingerprint density at radius 2 is 2.00 bits per heavy atom. The molecule has 0 spiro atoms. The van der Waals surface area contributed by atoms with Crippen molar-refractivity contribution in [1.29, 1.82) is 5.26 Å². The number of rotatable bonds is 4. The first kappa shape index (κ1) is 17.8. The van der Waals surface area contributed by atoms with Crippen molar-refractivity contribution in [3.63, 3.8) is 0 Å². The van der Waals surface area contributed by atoms with Gasteiger partial charge in [0, 0.05) is 10.6 Å². The fourth-order valence-electron chi connectivity index (χ4n) is 2.31. The number of benzene rings is 2. The molecule has 0 fully saturated rings. The van der Waals surface area contributed by atoms with E-state index in [1.165, 1.54) is 6.07 Å². The van der Waals surface area contributed by atoms with Crippen LogP contribution < -0.4 is 4.74 Å². The van der Waals surface area contributed by atoms with Crippen LogP contribution in [0.15, 0.2) is 42.5 Å². The van der Waals surface area contributed by atoms with E-state index in [0.29, 0.717) is 17.0 Å². The maximum atomic E-state index is 12.9. The Labute approximate surface area is 151 Å². The Morgan fingerprint density at radius 3 is 2.73 bits per heavy atom. The van der Waals surface area contributed by atoms with Crippen molar-refractivity contribution in [2.45, 2.75) is 12.8 Å². The monoisotopic (exact) mass is 378 g/mol. The van der Waals surface area contributed by atoms with Gasteiger partial charge in [0.1, 0.15) is 24.1 Å². The van der Waals surface area contributed by atoms with Crippen LogP contribution in [0.2, 0.25) is 5.02 Å². The predicted octanol–water partition coefficient (Wildman–Crippen LogP) is 4.59. The van der Waals surface area contributed by atoms with Gasteiger partial charge in [-0.1, -0.05) is 28.9 Å². The van der Waals surface area contributed by atoms with Gasteiger partial charge in [-0.3, -0.25) is 0 Å². The van der Waals surface area contributed by atoms with Gasteiger partial charge in [-0.2, -0.15) is 18.4 Å². The van der Waals surface area contributed by atoms with E-state index < -0.39 is 11.7 Å². The third-order valence-electron chi connectivity index (χ3n) is 3.46. The molecule has 9 heteroatoms. The van der Waals surface area contributed by atoms with E-state index in [2.05, 4.69) is 15.4 Å². The molecule has 26 heavy (non-hydrogen) atoms. The summed E-state index contributed by atoms with van der Waals surface area (Å²) in [6, 6.07) is 11.8. The van der Waals surface area contributed by atoms with Crippen LogP contribution in [0.5, 0.6) is 5.75 Å². The van der Waals surface area contributed by atoms with Crippen LogP contribution in [-0.2, 0) is 12.8 Å². The second-order valence-corrected chi connectivity index (χ2v) is 5.75. The van der Waals surface area contributed by atoms with Crippen LogP contribution in [0.25, 0.3) is 11.3 Å². The van der Waals surface area contributed by atoms with E-state index in [1.807, 2.05) is 6.07 Å². The SMILES string of the molecule is N#Cc1[nH]nnc1-c1cccc(OCc2cc(Cl)cc(C(F)(F)F)c2)c1. The van der Waals surface area contributed by atoms with Gasteiger partial charge in [-0.05, 0) is 35.9 Å². The Morgan fingerprint density at radius 1 is 1.19 bits per heavy atom. The van der Waals surface area contributed by atoms with Crippen molar-refractivity contribution in [3.05, 3.63) is 64.3 Å². The summed E-state index contributed by atoms with van der Waals surface area (Å²) in [4.78, 5) is 0. The molecule has 1 heterocycles. The lowest BCUT2D eigenvalue weighted by atomic mass is 10.1. The van der Waals surface area contributed by atoms with Crippen LogP contribution in [0.4, 0.5) is 13.2 Å². The highest BCUT2D eigenvalue weighted by Gasteiger charge is 2.31. The number of aromatic amines is 1. The molecule has 1 N–H and O–H groups in total. The highest BCUT2D eigenvalue weighted by Crippen LogP contribution is 2.32. The highest BCUT2D eigenvalue weighted by atomic mass is 35.5. The molecule has 0 saturated carbocycles. The Bertz CT molecular complexity index is 979. The molecule has 132 valence electrons. The zero-order chi connectivity index (χ0) is 18.7. The number of hydrogen-bond donors (Lipinski definition) is 1. The van der Waals surface area contributed by atoms with E-state index in [9.17, 15) is 13.2 Å². The van der Waals surface area contributed by atoms with Gasteiger partial charge in [-0.15, -0.1) is 5.10 Å². The van der Waals surface area contributed by atoms with Crippen molar-refractivity contribution >= 4 is 11.6 Å². The summed E-state index contributed by atoms with van der Waals surface area (Å²) in [5, 5.41) is 18.9. The summed E-state index contributed by atoms with van der Waals surface area (Å²) in [7, 11) is 0. The Balaban J connectivity index is 1.80. The van der Waals surface area contributed by atoms with Gasteiger partial charge >= 0.3 is 6.18 Å². The molecule has 0 saturated heterocycles. The molecule has 2 aromatic carbocycles. The molecular weight excluding hydrogens is 369 g/mol. The first-order chi connectivity index (χ1) is 12.4. The molecule has 3 rings (SSSR count). The zero-order valence-corrected chi connectivity index (χ0v) is 13.8. The lowest BCUT2D eigenvalue weighted by Crippen LogP contribution is -2.06. The fourth-order valence-corrected chi connectivity index (χ4v) is 2.56. The van der Waals surface area contributed by atoms with Gasteiger partial charge in [-0.25, -0.2) is 5.10 Å². The Hall–Kier alpha value is -3.05. The van der Waals surface area contributed by atoms with Crippen LogP contribution in [-0.4, -0.2) is 15.4 Å². The molecular formula is C17H10ClF3N4O. The van der Waals surface area contributed by atoms with Gasteiger partial charge in [0.25, 0.3) is 0 Å². The summed E-state index contributed by atoms with van der Waals surface area (Å²) in [5.74, 6) is 0.405. The third-order valence-corrected chi connectivity index (χ3v) is 3.68. The quantitative estimate of drug-likeness (QED) is 0.720. The maximum Gasteiger partial charge on any atom is 0.416 e. The number of nitrogens with zero attached hydrogens (tertiary/aromatic N) is 3. The third kappa shape index (κ3) is 3.95. The minimum absolute atomic E-state index is 0.0200. The molecule has 0 aliphatic carbocycles. The lowest BCUT2D eigenvalue weighted by molar-refractivity contribution is -0.137. The van der Waals surface area contributed by atoms with Crippen LogP contribution in [0.3, 0.4) is 0 Å². The average Bonchev–Trinajstić information content (AvgIpc) is 3.08. The van der Waals surface area contributed by atoms with Crippen molar-refractivity contribution < 1.29 is 17.9 Å². The number of hydrogen-bond acceptors (Lipinski definition) is 4. The van der Waals surface area contributed by atoms with Gasteiger partial charge in [0.2, 0.25) is 0 Å². The second-order valence-electron chi connectivity index (χ2n) is 5.31. The molecule has 0 atom stereocenters. The molecule has 1 aromatic heterocycles. The minimum atomic E-state index is -4.49. The van der Waals surface area contributed by atoms with Crippen molar-refractivity contribution in [2.24, 2.45) is 0 Å². The van der Waals surface area contributed by atoms with E-state index >= 15 is 0 Å². The van der Waals surface area contributed by atoms with E-state index in [-0.39, 0.29) is 22.9 Å². The number of nitrogens with one attached hydrogen (secondary N) is 1. The zero-order valence-electron chi connectivity index (χ0n) is 13.0. The maximum absolute atomic E-state index is 12.9. The summed E-state index contributed by atoms with van der Waals surface area (Å²) in [6.45, 7) is -0.100. The number of aromatic nitrogens is 3. The molecule has 3 aromatic rings. The highest BCUT2D eigenvalue weighted by molar-refractivity contribution is 6.30. The second kappa shape index (κ2) is 7.06. The van der Waals surface area contributed by atoms with Crippen molar-refractivity contribution in [3.8, 4) is 23.1 Å². The summed E-state index contributed by atoms with van der Waals surface area (Å²) in [6.07, 6.45) is -4.49. The van der Waals surface area contributed by atoms with Crippen LogP contribution in [0, 0.1) is 11.3 Å². The molecule has 0 unspecified atom stereocenters. The van der Waals surface area contributed by atoms with Gasteiger partial charge < -0.3 is 4.74 Å². The van der Waals surface area contributed by atoms with Crippen molar-refractivity contribution in [2.75, 3.05) is 0 Å². The van der Waals surface area contributed by atoms with Crippen molar-refractivity contribution in [1.82, 2.24) is 15.4 Å². The average molecular weight is 379 g/mol. The normalized spacial score (nSPS) is 11.2. The molecule has 0 amide bonds. The number of H-pyrrole nitrogens is 1. The van der Waals surface area contributed by atoms with E-state index in [1.54, 1.807) is 24.3 Å². The standard InChI is InChI=1S/C17H10ClF3N4O/c18-13-5-10(4-12(7-13)17(19,20)21)9-26-14-3-1-2-11(6-14)16-15(8-22)23-25-24-16/h1-7H,9H2,(H,23,24,25). The van der Waals surface area contributed by atoms with Crippen LogP contribution >= 0.6 is 11.6 Å². The smallest absolute Gasteiger partial charge is 0.416 e. The van der Waals surface area contributed by atoms with E-state index in [0.717, 1.165) is 12.1 Å². The van der Waals surface area contributed by atoms with Crippen LogP contribution in [0.1, 0.15) is 16.8 Å². The first-order valence-corrected chi connectivity index (χ1v) is 7.65. The molecule has 0 aliphatic heterocycles. The minimum Gasteiger partial charge on any atom is -0.489 e. The summed E-state index contributed by atoms with van der Waals surface area (Å²) < 4.78 is 44.1. The lowest BCUT2D eigenvalue weighted by Gasteiger charge is -2.11. The molecule has 0 bridgehead atoms. The van der Waals surface area contributed by atoms with E-state index in [4.69, 9.17) is 21.6 Å². The number of halogens is 4. The topological polar surface area (TPSA) is 74.6 Å². The van der Waals surface area contributed by atoms with Gasteiger partial charge in [0.15, 0.2) is 5.69 Å². The number of ether oxygens (including phenoxy) is 1. The Kier molecular flexibility index (Phi) is 4.82. The molecule has 0 aliphatic rings. The molecule has 0 radical (unpaired) electrons. The fraction of sp³-hybridized carbons (Fsp3) is 0.118.